The Balaban J connectivity index is 2.38. The zero-order valence-corrected chi connectivity index (χ0v) is 11.4. The van der Waals surface area contributed by atoms with Crippen LogP contribution in [-0.2, 0) is 14.3 Å². The minimum absolute atomic E-state index is 0.0550. The second-order valence-corrected chi connectivity index (χ2v) is 4.76. The summed E-state index contributed by atoms with van der Waals surface area (Å²) in [6.07, 6.45) is 6.07. The Labute approximate surface area is 109 Å². The zero-order chi connectivity index (χ0) is 13.4. The van der Waals surface area contributed by atoms with Crippen molar-refractivity contribution in [2.75, 3.05) is 27.2 Å². The first-order valence-corrected chi connectivity index (χ1v) is 6.68. The molecule has 0 unspecified atom stereocenters. The number of nitrogens with one attached hydrogen (secondary N) is 1. The summed E-state index contributed by atoms with van der Waals surface area (Å²) in [4.78, 5) is 24.7. The summed E-state index contributed by atoms with van der Waals surface area (Å²) < 4.78 is 4.73. The quantitative estimate of drug-likeness (QED) is 0.688. The second-order valence-electron chi connectivity index (χ2n) is 4.76. The lowest BCUT2D eigenvalue weighted by atomic mass is 10.2. The third kappa shape index (κ3) is 5.04. The molecule has 0 aliphatic heterocycles. The highest BCUT2D eigenvalue weighted by atomic mass is 16.5. The molecule has 5 nitrogen and oxygen atoms in total. The molecule has 1 aliphatic carbocycles. The molecule has 0 aromatic rings. The van der Waals surface area contributed by atoms with E-state index in [1.165, 1.54) is 20.0 Å². The molecule has 1 amide bonds. The van der Waals surface area contributed by atoms with E-state index in [0.29, 0.717) is 19.0 Å². The fourth-order valence-corrected chi connectivity index (χ4v) is 2.46. The molecule has 0 aromatic heterocycles. The van der Waals surface area contributed by atoms with Gasteiger partial charge in [-0.15, -0.1) is 0 Å². The number of amides is 1. The normalized spacial score (nSPS) is 15.9. The number of rotatable bonds is 7. The van der Waals surface area contributed by atoms with E-state index in [2.05, 4.69) is 10.2 Å². The summed E-state index contributed by atoms with van der Waals surface area (Å²) in [7, 11) is 3.06. The van der Waals surface area contributed by atoms with E-state index in [1.54, 1.807) is 7.05 Å². The van der Waals surface area contributed by atoms with Crippen molar-refractivity contribution < 1.29 is 14.3 Å². The average molecular weight is 256 g/mol. The maximum atomic E-state index is 11.4. The lowest BCUT2D eigenvalue weighted by Gasteiger charge is -2.27. The van der Waals surface area contributed by atoms with Gasteiger partial charge in [0.25, 0.3) is 0 Å². The fraction of sp³-hybridized carbons (Fsp3) is 0.846. The van der Waals surface area contributed by atoms with Crippen LogP contribution in [0.1, 0.15) is 38.5 Å². The molecule has 0 saturated heterocycles. The van der Waals surface area contributed by atoms with Gasteiger partial charge >= 0.3 is 5.97 Å². The first-order valence-electron chi connectivity index (χ1n) is 6.68. The van der Waals surface area contributed by atoms with E-state index in [1.807, 2.05) is 0 Å². The number of carbonyl (C=O) groups is 2. The molecule has 1 N–H and O–H groups in total. The highest BCUT2D eigenvalue weighted by Gasteiger charge is 2.24. The van der Waals surface area contributed by atoms with Crippen LogP contribution in [0.15, 0.2) is 0 Å². The number of hydrogen-bond acceptors (Lipinski definition) is 4. The van der Waals surface area contributed by atoms with Crippen LogP contribution in [0.3, 0.4) is 0 Å². The van der Waals surface area contributed by atoms with Gasteiger partial charge < -0.3 is 10.1 Å². The molecule has 18 heavy (non-hydrogen) atoms. The summed E-state index contributed by atoms with van der Waals surface area (Å²) in [5.74, 6) is -0.138. The van der Waals surface area contributed by atoms with Crippen LogP contribution in [0, 0.1) is 0 Å². The van der Waals surface area contributed by atoms with Gasteiger partial charge in [-0.25, -0.2) is 0 Å². The van der Waals surface area contributed by atoms with E-state index in [0.717, 1.165) is 25.8 Å². The van der Waals surface area contributed by atoms with Crippen molar-refractivity contribution in [2.24, 2.45) is 0 Å². The van der Waals surface area contributed by atoms with E-state index in [9.17, 15) is 9.59 Å². The van der Waals surface area contributed by atoms with Crippen LogP contribution in [0.2, 0.25) is 0 Å². The van der Waals surface area contributed by atoms with Gasteiger partial charge in [0.05, 0.1) is 13.7 Å². The van der Waals surface area contributed by atoms with Crippen molar-refractivity contribution in [2.45, 2.75) is 44.6 Å². The van der Waals surface area contributed by atoms with Gasteiger partial charge in [0.1, 0.15) is 0 Å². The van der Waals surface area contributed by atoms with Crippen LogP contribution >= 0.6 is 0 Å². The smallest absolute Gasteiger partial charge is 0.319 e. The lowest BCUT2D eigenvalue weighted by Crippen LogP contribution is -2.39. The number of esters is 1. The number of methoxy groups -OCH3 is 1. The number of ether oxygens (including phenoxy) is 1. The SMILES string of the molecule is CNC(=O)CCCN(CC(=O)OC)C1CCCC1. The van der Waals surface area contributed by atoms with Gasteiger partial charge in [-0.1, -0.05) is 12.8 Å². The molecule has 1 rings (SSSR count). The number of hydrogen-bond donors (Lipinski definition) is 1. The summed E-state index contributed by atoms with van der Waals surface area (Å²) in [5.41, 5.74) is 0. The minimum atomic E-state index is -0.193. The molecule has 1 fully saturated rings. The van der Waals surface area contributed by atoms with Crippen molar-refractivity contribution in [3.05, 3.63) is 0 Å². The summed E-state index contributed by atoms with van der Waals surface area (Å²) in [6.45, 7) is 1.13. The van der Waals surface area contributed by atoms with Gasteiger partial charge in [-0.3, -0.25) is 14.5 Å². The maximum absolute atomic E-state index is 11.4. The van der Waals surface area contributed by atoms with Crippen molar-refractivity contribution in [1.82, 2.24) is 10.2 Å². The van der Waals surface area contributed by atoms with Crippen LogP contribution in [0.4, 0.5) is 0 Å². The first-order chi connectivity index (χ1) is 8.67. The largest absolute Gasteiger partial charge is 0.468 e. The molecule has 1 aliphatic rings. The Kier molecular flexibility index (Phi) is 6.72. The Bertz CT molecular complexity index is 275. The van der Waals surface area contributed by atoms with Crippen LogP contribution in [0.5, 0.6) is 0 Å². The second kappa shape index (κ2) is 8.08. The summed E-state index contributed by atoms with van der Waals surface area (Å²) in [6, 6.07) is 0.480. The molecule has 104 valence electrons. The topological polar surface area (TPSA) is 58.6 Å². The first kappa shape index (κ1) is 15.0. The van der Waals surface area contributed by atoms with Crippen LogP contribution in [0.25, 0.3) is 0 Å². The average Bonchev–Trinajstić information content (AvgIpc) is 2.90. The third-order valence-electron chi connectivity index (χ3n) is 3.53. The summed E-state index contributed by atoms with van der Waals surface area (Å²) in [5, 5.41) is 2.61. The molecule has 0 spiro atoms. The Hall–Kier alpha value is -1.10. The van der Waals surface area contributed by atoms with Crippen molar-refractivity contribution >= 4 is 11.9 Å². The number of carbonyl (C=O) groups excluding carboxylic acids is 2. The van der Waals surface area contributed by atoms with Crippen LogP contribution < -0.4 is 5.32 Å². The summed E-state index contributed by atoms with van der Waals surface area (Å²) >= 11 is 0. The van der Waals surface area contributed by atoms with Gasteiger partial charge in [0.15, 0.2) is 0 Å². The Morgan fingerprint density at radius 1 is 1.33 bits per heavy atom. The molecule has 1 saturated carbocycles. The van der Waals surface area contributed by atoms with Crippen molar-refractivity contribution in [3.8, 4) is 0 Å². The zero-order valence-electron chi connectivity index (χ0n) is 11.4. The molecule has 0 atom stereocenters. The van der Waals surface area contributed by atoms with Gasteiger partial charge in [-0.2, -0.15) is 0 Å². The number of nitrogens with zero attached hydrogens (tertiary/aromatic N) is 1. The van der Waals surface area contributed by atoms with Gasteiger partial charge in [0, 0.05) is 19.5 Å². The van der Waals surface area contributed by atoms with Gasteiger partial charge in [-0.05, 0) is 25.8 Å². The molecule has 0 aromatic carbocycles. The standard InChI is InChI=1S/C13H24N2O3/c1-14-12(16)8-5-9-15(10-13(17)18-2)11-6-3-4-7-11/h11H,3-10H2,1-2H3,(H,14,16). The van der Waals surface area contributed by atoms with E-state index < -0.39 is 0 Å². The van der Waals surface area contributed by atoms with E-state index >= 15 is 0 Å². The monoisotopic (exact) mass is 256 g/mol. The van der Waals surface area contributed by atoms with E-state index in [-0.39, 0.29) is 11.9 Å². The lowest BCUT2D eigenvalue weighted by molar-refractivity contribution is -0.142. The molecule has 0 bridgehead atoms. The molecule has 5 heteroatoms. The highest BCUT2D eigenvalue weighted by molar-refractivity contribution is 5.75. The maximum Gasteiger partial charge on any atom is 0.319 e. The minimum Gasteiger partial charge on any atom is -0.468 e. The Morgan fingerprint density at radius 3 is 2.56 bits per heavy atom. The molecular formula is C13H24N2O3. The fourth-order valence-electron chi connectivity index (χ4n) is 2.46. The van der Waals surface area contributed by atoms with Crippen LogP contribution in [-0.4, -0.2) is 50.1 Å². The highest BCUT2D eigenvalue weighted by Crippen LogP contribution is 2.23. The predicted molar refractivity (Wildman–Crippen MR) is 69.1 cm³/mol. The molecular weight excluding hydrogens is 232 g/mol. The van der Waals surface area contributed by atoms with Gasteiger partial charge in [0.2, 0.25) is 5.91 Å². The third-order valence-corrected chi connectivity index (χ3v) is 3.53. The Morgan fingerprint density at radius 2 is 2.00 bits per heavy atom. The molecule has 0 radical (unpaired) electrons. The molecule has 0 heterocycles. The van der Waals surface area contributed by atoms with Crippen molar-refractivity contribution in [3.63, 3.8) is 0 Å². The van der Waals surface area contributed by atoms with E-state index in [4.69, 9.17) is 4.74 Å². The predicted octanol–water partition coefficient (Wildman–Crippen LogP) is 0.930. The van der Waals surface area contributed by atoms with Crippen molar-refractivity contribution in [1.29, 1.82) is 0 Å².